The molecule has 6 heteroatoms. The topological polar surface area (TPSA) is 60.2 Å². The Morgan fingerprint density at radius 1 is 1.17 bits per heavy atom. The molecule has 0 bridgehead atoms. The number of halogens is 1. The fourth-order valence-corrected chi connectivity index (χ4v) is 3.44. The van der Waals surface area contributed by atoms with Gasteiger partial charge in [0.15, 0.2) is 15.4 Å². The van der Waals surface area contributed by atoms with Crippen molar-refractivity contribution in [1.29, 1.82) is 0 Å². The molecule has 23 heavy (non-hydrogen) atoms. The zero-order valence-corrected chi connectivity index (χ0v) is 14.8. The molecule has 0 unspecified atom stereocenters. The molecule has 0 N–H and O–H groups in total. The molecular formula is C17H14BrNO3S. The Bertz CT molecular complexity index is 990. The second-order valence-corrected chi connectivity index (χ2v) is 8.07. The van der Waals surface area contributed by atoms with Crippen LogP contribution in [0, 0.1) is 0 Å². The van der Waals surface area contributed by atoms with Crippen LogP contribution in [-0.2, 0) is 9.84 Å². The van der Waals surface area contributed by atoms with E-state index in [2.05, 4.69) is 20.9 Å². The standard InChI is InChI=1S/C17H14BrNO3S/c1-2-23(20,21)13-8-9-16-15(11-13)19-17(22-16)10-7-12-5-3-4-6-14(12)18/h3-11H,2H2,1H3/b10-7+. The summed E-state index contributed by atoms with van der Waals surface area (Å²) in [7, 11) is -3.25. The Morgan fingerprint density at radius 2 is 1.96 bits per heavy atom. The van der Waals surface area contributed by atoms with E-state index in [9.17, 15) is 8.42 Å². The molecule has 1 aromatic heterocycles. The summed E-state index contributed by atoms with van der Waals surface area (Å²) in [6.07, 6.45) is 3.65. The van der Waals surface area contributed by atoms with E-state index in [0.29, 0.717) is 17.0 Å². The predicted octanol–water partition coefficient (Wildman–Crippen LogP) is 4.55. The number of oxazole rings is 1. The summed E-state index contributed by atoms with van der Waals surface area (Å²) in [6.45, 7) is 1.62. The average molecular weight is 392 g/mol. The van der Waals surface area contributed by atoms with Crippen LogP contribution < -0.4 is 0 Å². The molecule has 0 fully saturated rings. The summed E-state index contributed by atoms with van der Waals surface area (Å²) in [5, 5.41) is 0. The minimum Gasteiger partial charge on any atom is -0.437 e. The molecule has 2 aromatic carbocycles. The van der Waals surface area contributed by atoms with Crippen LogP contribution in [0.15, 0.2) is 56.2 Å². The summed E-state index contributed by atoms with van der Waals surface area (Å²) in [6, 6.07) is 12.5. The highest BCUT2D eigenvalue weighted by Gasteiger charge is 2.14. The van der Waals surface area contributed by atoms with Crippen LogP contribution in [0.5, 0.6) is 0 Å². The summed E-state index contributed by atoms with van der Waals surface area (Å²) in [4.78, 5) is 4.60. The Balaban J connectivity index is 1.96. The van der Waals surface area contributed by atoms with Gasteiger partial charge in [0.2, 0.25) is 5.89 Å². The van der Waals surface area contributed by atoms with Crippen LogP contribution in [0.2, 0.25) is 0 Å². The second-order valence-electron chi connectivity index (χ2n) is 4.94. The van der Waals surface area contributed by atoms with Crippen LogP contribution in [0.3, 0.4) is 0 Å². The zero-order chi connectivity index (χ0) is 16.4. The van der Waals surface area contributed by atoms with Gasteiger partial charge < -0.3 is 4.42 Å². The van der Waals surface area contributed by atoms with E-state index in [0.717, 1.165) is 10.0 Å². The Labute approximate surface area is 142 Å². The minimum absolute atomic E-state index is 0.0607. The van der Waals surface area contributed by atoms with E-state index < -0.39 is 9.84 Å². The number of fused-ring (bicyclic) bond motifs is 1. The lowest BCUT2D eigenvalue weighted by Gasteiger charge is -1.99. The molecule has 0 radical (unpaired) electrons. The van der Waals surface area contributed by atoms with Crippen molar-refractivity contribution in [2.75, 3.05) is 5.75 Å². The maximum atomic E-state index is 11.9. The summed E-state index contributed by atoms with van der Waals surface area (Å²) in [5.41, 5.74) is 2.10. The average Bonchev–Trinajstić information content (AvgIpc) is 2.96. The smallest absolute Gasteiger partial charge is 0.220 e. The van der Waals surface area contributed by atoms with Crippen molar-refractivity contribution in [3.63, 3.8) is 0 Å². The molecule has 118 valence electrons. The molecule has 3 aromatic rings. The van der Waals surface area contributed by atoms with Crippen molar-refractivity contribution in [2.24, 2.45) is 0 Å². The highest BCUT2D eigenvalue weighted by molar-refractivity contribution is 9.10. The molecule has 0 aliphatic heterocycles. The zero-order valence-electron chi connectivity index (χ0n) is 12.4. The predicted molar refractivity (Wildman–Crippen MR) is 94.8 cm³/mol. The van der Waals surface area contributed by atoms with E-state index in [-0.39, 0.29) is 10.6 Å². The lowest BCUT2D eigenvalue weighted by Crippen LogP contribution is -2.03. The maximum absolute atomic E-state index is 11.9. The van der Waals surface area contributed by atoms with Crippen LogP contribution >= 0.6 is 15.9 Å². The number of benzene rings is 2. The van der Waals surface area contributed by atoms with Crippen molar-refractivity contribution in [2.45, 2.75) is 11.8 Å². The van der Waals surface area contributed by atoms with E-state index in [1.54, 1.807) is 31.2 Å². The van der Waals surface area contributed by atoms with Gasteiger partial charge in [0.25, 0.3) is 0 Å². The third kappa shape index (κ3) is 3.38. The third-order valence-corrected chi connectivity index (χ3v) is 5.88. The highest BCUT2D eigenvalue weighted by atomic mass is 79.9. The lowest BCUT2D eigenvalue weighted by molar-refractivity contribution is 0.589. The van der Waals surface area contributed by atoms with Crippen LogP contribution in [0.25, 0.3) is 23.3 Å². The van der Waals surface area contributed by atoms with E-state index in [1.165, 1.54) is 0 Å². The van der Waals surface area contributed by atoms with Gasteiger partial charge in [0.1, 0.15) is 5.52 Å². The van der Waals surface area contributed by atoms with Gasteiger partial charge in [-0.3, -0.25) is 0 Å². The number of nitrogens with zero attached hydrogens (tertiary/aromatic N) is 1. The summed E-state index contributed by atoms with van der Waals surface area (Å²) >= 11 is 3.47. The molecule has 0 amide bonds. The number of hydrogen-bond donors (Lipinski definition) is 0. The highest BCUT2D eigenvalue weighted by Crippen LogP contribution is 2.23. The van der Waals surface area contributed by atoms with Gasteiger partial charge in [-0.2, -0.15) is 0 Å². The van der Waals surface area contributed by atoms with Crippen molar-refractivity contribution < 1.29 is 12.8 Å². The summed E-state index contributed by atoms with van der Waals surface area (Å²) < 4.78 is 30.4. The van der Waals surface area contributed by atoms with Gasteiger partial charge in [0, 0.05) is 10.5 Å². The first-order chi connectivity index (χ1) is 11.0. The van der Waals surface area contributed by atoms with Crippen LogP contribution in [0.4, 0.5) is 0 Å². The fraction of sp³-hybridized carbons (Fsp3) is 0.118. The molecule has 0 saturated heterocycles. The minimum atomic E-state index is -3.25. The first kappa shape index (κ1) is 16.0. The van der Waals surface area contributed by atoms with Crippen LogP contribution in [0.1, 0.15) is 18.4 Å². The van der Waals surface area contributed by atoms with Gasteiger partial charge in [-0.1, -0.05) is 41.1 Å². The van der Waals surface area contributed by atoms with Gasteiger partial charge in [-0.25, -0.2) is 13.4 Å². The van der Waals surface area contributed by atoms with Gasteiger partial charge in [-0.05, 0) is 35.9 Å². The lowest BCUT2D eigenvalue weighted by atomic mass is 10.2. The quantitative estimate of drug-likeness (QED) is 0.654. The molecule has 0 saturated carbocycles. The monoisotopic (exact) mass is 391 g/mol. The van der Waals surface area contributed by atoms with Crippen molar-refractivity contribution in [1.82, 2.24) is 4.98 Å². The largest absolute Gasteiger partial charge is 0.437 e. The fourth-order valence-electron chi connectivity index (χ4n) is 2.13. The molecule has 0 spiro atoms. The molecular weight excluding hydrogens is 378 g/mol. The normalized spacial score (nSPS) is 12.3. The van der Waals surface area contributed by atoms with E-state index in [1.807, 2.05) is 30.3 Å². The summed E-state index contributed by atoms with van der Waals surface area (Å²) in [5.74, 6) is 0.493. The molecule has 4 nitrogen and oxygen atoms in total. The van der Waals surface area contributed by atoms with Gasteiger partial charge in [0.05, 0.1) is 10.6 Å². The first-order valence-corrected chi connectivity index (χ1v) is 9.50. The molecule has 0 aliphatic rings. The van der Waals surface area contributed by atoms with Crippen molar-refractivity contribution in [3.05, 3.63) is 58.4 Å². The van der Waals surface area contributed by atoms with E-state index in [4.69, 9.17) is 4.42 Å². The van der Waals surface area contributed by atoms with Gasteiger partial charge in [-0.15, -0.1) is 0 Å². The van der Waals surface area contributed by atoms with Crippen LogP contribution in [-0.4, -0.2) is 19.2 Å². The maximum Gasteiger partial charge on any atom is 0.220 e. The Hall–Kier alpha value is -1.92. The molecule has 0 aliphatic carbocycles. The molecule has 1 heterocycles. The first-order valence-electron chi connectivity index (χ1n) is 7.05. The number of sulfone groups is 1. The molecule has 3 rings (SSSR count). The number of hydrogen-bond acceptors (Lipinski definition) is 4. The van der Waals surface area contributed by atoms with Crippen molar-refractivity contribution >= 4 is 49.0 Å². The van der Waals surface area contributed by atoms with E-state index >= 15 is 0 Å². The third-order valence-electron chi connectivity index (χ3n) is 3.43. The van der Waals surface area contributed by atoms with Crippen molar-refractivity contribution in [3.8, 4) is 0 Å². The number of aromatic nitrogens is 1. The molecule has 0 atom stereocenters. The second kappa shape index (κ2) is 6.29. The SMILES string of the molecule is CCS(=O)(=O)c1ccc2oc(/C=C/c3ccccc3Br)nc2c1. The number of rotatable bonds is 4. The van der Waals surface area contributed by atoms with Gasteiger partial charge >= 0.3 is 0 Å². The Kier molecular flexibility index (Phi) is 4.37. The Morgan fingerprint density at radius 3 is 2.70 bits per heavy atom.